The number of rotatable bonds is 6. The molecule has 182 valence electrons. The SMILES string of the molecule is COC(=O)C1Cc2ccccc2N1C(=O)C1CCN(S(=O)(=O)c2ccc(OC)c(OC)c2)CC1. The van der Waals surface area contributed by atoms with Crippen molar-refractivity contribution in [1.29, 1.82) is 0 Å². The highest BCUT2D eigenvalue weighted by atomic mass is 32.2. The summed E-state index contributed by atoms with van der Waals surface area (Å²) >= 11 is 0. The lowest BCUT2D eigenvalue weighted by Gasteiger charge is -2.34. The lowest BCUT2D eigenvalue weighted by atomic mass is 9.96. The number of carbonyl (C=O) groups excluding carboxylic acids is 2. The van der Waals surface area contributed by atoms with Gasteiger partial charge in [0, 0.05) is 37.2 Å². The number of anilines is 1. The first-order valence-corrected chi connectivity index (χ1v) is 12.5. The number of ether oxygens (including phenoxy) is 3. The van der Waals surface area contributed by atoms with Gasteiger partial charge in [0.1, 0.15) is 6.04 Å². The normalized spacial score (nSPS) is 18.9. The molecule has 1 amide bonds. The summed E-state index contributed by atoms with van der Waals surface area (Å²) in [5.41, 5.74) is 1.63. The number of nitrogens with zero attached hydrogens (tertiary/aromatic N) is 2. The number of methoxy groups -OCH3 is 3. The number of esters is 1. The van der Waals surface area contributed by atoms with E-state index in [1.165, 1.54) is 42.7 Å². The molecule has 2 aliphatic rings. The van der Waals surface area contributed by atoms with Gasteiger partial charge in [-0.1, -0.05) is 18.2 Å². The lowest BCUT2D eigenvalue weighted by Crippen LogP contribution is -2.49. The van der Waals surface area contributed by atoms with Gasteiger partial charge in [-0.15, -0.1) is 0 Å². The van der Waals surface area contributed by atoms with Crippen LogP contribution in [0.3, 0.4) is 0 Å². The van der Waals surface area contributed by atoms with E-state index in [9.17, 15) is 18.0 Å². The van der Waals surface area contributed by atoms with Gasteiger partial charge in [-0.3, -0.25) is 9.69 Å². The Hall–Kier alpha value is -3.11. The van der Waals surface area contributed by atoms with Crippen LogP contribution < -0.4 is 14.4 Å². The Balaban J connectivity index is 1.50. The van der Waals surface area contributed by atoms with Gasteiger partial charge in [0.2, 0.25) is 15.9 Å². The third-order valence-corrected chi connectivity index (χ3v) is 8.38. The molecule has 4 rings (SSSR count). The Morgan fingerprint density at radius 3 is 2.26 bits per heavy atom. The van der Waals surface area contributed by atoms with Crippen molar-refractivity contribution in [3.05, 3.63) is 48.0 Å². The van der Waals surface area contributed by atoms with E-state index in [0.29, 0.717) is 36.4 Å². The number of sulfonamides is 1. The van der Waals surface area contributed by atoms with E-state index in [0.717, 1.165) is 5.56 Å². The zero-order valence-corrected chi connectivity index (χ0v) is 20.2. The Morgan fingerprint density at radius 1 is 0.941 bits per heavy atom. The number of fused-ring (bicyclic) bond motifs is 1. The van der Waals surface area contributed by atoms with Crippen molar-refractivity contribution in [2.45, 2.75) is 30.2 Å². The van der Waals surface area contributed by atoms with Crippen LogP contribution in [-0.4, -0.2) is 65.1 Å². The molecule has 2 aromatic carbocycles. The van der Waals surface area contributed by atoms with Crippen LogP contribution in [0.2, 0.25) is 0 Å². The average molecular weight is 489 g/mol. The maximum atomic E-state index is 13.5. The lowest BCUT2D eigenvalue weighted by molar-refractivity contribution is -0.143. The molecule has 9 nitrogen and oxygen atoms in total. The number of para-hydroxylation sites is 1. The van der Waals surface area contributed by atoms with Crippen LogP contribution in [0.4, 0.5) is 5.69 Å². The predicted molar refractivity (Wildman–Crippen MR) is 124 cm³/mol. The first-order chi connectivity index (χ1) is 16.3. The summed E-state index contributed by atoms with van der Waals surface area (Å²) in [6, 6.07) is 11.2. The van der Waals surface area contributed by atoms with Gasteiger partial charge < -0.3 is 14.2 Å². The number of hydrogen-bond donors (Lipinski definition) is 0. The minimum Gasteiger partial charge on any atom is -0.493 e. The van der Waals surface area contributed by atoms with Crippen molar-refractivity contribution < 1.29 is 32.2 Å². The van der Waals surface area contributed by atoms with Crippen molar-refractivity contribution in [3.63, 3.8) is 0 Å². The van der Waals surface area contributed by atoms with Crippen LogP contribution in [0.15, 0.2) is 47.4 Å². The van der Waals surface area contributed by atoms with Gasteiger partial charge in [-0.05, 0) is 36.6 Å². The van der Waals surface area contributed by atoms with Gasteiger partial charge in [0.25, 0.3) is 0 Å². The monoisotopic (exact) mass is 488 g/mol. The standard InChI is InChI=1S/C24H28N2O7S/c1-31-21-9-8-18(15-22(21)32-2)34(29,30)25-12-10-16(11-13-25)23(27)26-19-7-5-4-6-17(19)14-20(26)24(28)33-3/h4-9,15-16,20H,10-14H2,1-3H3. The topological polar surface area (TPSA) is 102 Å². The molecule has 0 N–H and O–H groups in total. The second kappa shape index (κ2) is 9.63. The summed E-state index contributed by atoms with van der Waals surface area (Å²) in [5.74, 6) is -0.260. The van der Waals surface area contributed by atoms with E-state index < -0.39 is 28.0 Å². The molecular formula is C24H28N2O7S. The fourth-order valence-corrected chi connectivity index (χ4v) is 6.13. The number of carbonyl (C=O) groups is 2. The molecular weight excluding hydrogens is 460 g/mol. The molecule has 2 aromatic rings. The third-order valence-electron chi connectivity index (χ3n) is 6.48. The number of hydrogen-bond acceptors (Lipinski definition) is 7. The van der Waals surface area contributed by atoms with Crippen molar-refractivity contribution >= 4 is 27.6 Å². The van der Waals surface area contributed by atoms with Crippen LogP contribution in [0.25, 0.3) is 0 Å². The second-order valence-corrected chi connectivity index (χ2v) is 10.2. The number of benzene rings is 2. The highest BCUT2D eigenvalue weighted by molar-refractivity contribution is 7.89. The maximum absolute atomic E-state index is 13.5. The quantitative estimate of drug-likeness (QED) is 0.575. The van der Waals surface area contributed by atoms with Crippen LogP contribution in [-0.2, 0) is 30.8 Å². The van der Waals surface area contributed by atoms with Crippen LogP contribution >= 0.6 is 0 Å². The van der Waals surface area contributed by atoms with E-state index in [-0.39, 0.29) is 23.9 Å². The summed E-state index contributed by atoms with van der Waals surface area (Å²) in [7, 11) is 0.477. The molecule has 0 aliphatic carbocycles. The summed E-state index contributed by atoms with van der Waals surface area (Å²) in [4.78, 5) is 27.5. The highest BCUT2D eigenvalue weighted by Crippen LogP contribution is 2.36. The third kappa shape index (κ3) is 4.23. The van der Waals surface area contributed by atoms with Gasteiger partial charge >= 0.3 is 5.97 Å². The van der Waals surface area contributed by atoms with Crippen LogP contribution in [0.5, 0.6) is 11.5 Å². The fourth-order valence-electron chi connectivity index (χ4n) is 4.65. The molecule has 0 bridgehead atoms. The van der Waals surface area contributed by atoms with Gasteiger partial charge in [-0.25, -0.2) is 13.2 Å². The zero-order chi connectivity index (χ0) is 24.5. The van der Waals surface area contributed by atoms with Gasteiger partial charge in [0.05, 0.1) is 26.2 Å². The van der Waals surface area contributed by atoms with E-state index >= 15 is 0 Å². The summed E-state index contributed by atoms with van der Waals surface area (Å²) < 4.78 is 43.2. The van der Waals surface area contributed by atoms with E-state index in [1.807, 2.05) is 24.3 Å². The first kappa shape index (κ1) is 24.0. The molecule has 1 unspecified atom stereocenters. The van der Waals surface area contributed by atoms with Gasteiger partial charge in [-0.2, -0.15) is 4.31 Å². The van der Waals surface area contributed by atoms with Crippen LogP contribution in [0, 0.1) is 5.92 Å². The molecule has 1 fully saturated rings. The first-order valence-electron chi connectivity index (χ1n) is 11.0. The Bertz CT molecular complexity index is 1190. The molecule has 2 heterocycles. The summed E-state index contributed by atoms with van der Waals surface area (Å²) in [6.07, 6.45) is 1.12. The number of piperidine rings is 1. The van der Waals surface area contributed by atoms with E-state index in [2.05, 4.69) is 0 Å². The fraction of sp³-hybridized carbons (Fsp3) is 0.417. The van der Waals surface area contributed by atoms with E-state index in [1.54, 1.807) is 6.07 Å². The van der Waals surface area contributed by atoms with E-state index in [4.69, 9.17) is 14.2 Å². The van der Waals surface area contributed by atoms with Crippen molar-refractivity contribution in [2.75, 3.05) is 39.3 Å². The number of amides is 1. The minimum atomic E-state index is -3.77. The molecule has 34 heavy (non-hydrogen) atoms. The average Bonchev–Trinajstić information content (AvgIpc) is 3.27. The Morgan fingerprint density at radius 2 is 1.62 bits per heavy atom. The van der Waals surface area contributed by atoms with Crippen molar-refractivity contribution in [3.8, 4) is 11.5 Å². The molecule has 0 spiro atoms. The van der Waals surface area contributed by atoms with Crippen LogP contribution in [0.1, 0.15) is 18.4 Å². The molecule has 10 heteroatoms. The molecule has 0 aromatic heterocycles. The van der Waals surface area contributed by atoms with Gasteiger partial charge in [0.15, 0.2) is 11.5 Å². The molecule has 0 radical (unpaired) electrons. The summed E-state index contributed by atoms with van der Waals surface area (Å²) in [6.45, 7) is 0.400. The largest absolute Gasteiger partial charge is 0.493 e. The zero-order valence-electron chi connectivity index (χ0n) is 19.4. The smallest absolute Gasteiger partial charge is 0.329 e. The maximum Gasteiger partial charge on any atom is 0.329 e. The second-order valence-electron chi connectivity index (χ2n) is 8.28. The molecule has 1 atom stereocenters. The molecule has 2 aliphatic heterocycles. The minimum absolute atomic E-state index is 0.106. The Kier molecular flexibility index (Phi) is 6.81. The molecule has 1 saturated heterocycles. The van der Waals surface area contributed by atoms with Crippen molar-refractivity contribution in [1.82, 2.24) is 4.31 Å². The Labute approximate surface area is 199 Å². The summed E-state index contributed by atoms with van der Waals surface area (Å²) in [5, 5.41) is 0. The molecule has 0 saturated carbocycles. The van der Waals surface area contributed by atoms with Crippen molar-refractivity contribution in [2.24, 2.45) is 5.92 Å². The predicted octanol–water partition coefficient (Wildman–Crippen LogP) is 2.24. The highest BCUT2D eigenvalue weighted by Gasteiger charge is 2.42.